The Kier molecular flexibility index (Phi) is 5.23. The largest absolute Gasteiger partial charge is 0.444 e. The standard InChI is InChI=1S/C22H33N3O4/c1-13-10-24(21(27)29-22(2,3)4)11-17-9-15-8-16(12-26)18(23-20(15)25(13)17)19(28-5)14-6-7-14/h8,13-14,17,19,26H,6-7,9-12H2,1-5H3/t13-,17-,19?/m1/s1. The number of aliphatic hydroxyl groups is 1. The van der Waals surface area contributed by atoms with Crippen LogP contribution >= 0.6 is 0 Å². The summed E-state index contributed by atoms with van der Waals surface area (Å²) in [5.74, 6) is 1.48. The van der Waals surface area contributed by atoms with Crippen LogP contribution in [-0.4, -0.2) is 59.0 Å². The summed E-state index contributed by atoms with van der Waals surface area (Å²) >= 11 is 0. The molecule has 0 spiro atoms. The summed E-state index contributed by atoms with van der Waals surface area (Å²) in [7, 11) is 1.73. The van der Waals surface area contributed by atoms with E-state index < -0.39 is 5.60 Å². The summed E-state index contributed by atoms with van der Waals surface area (Å²) in [6.45, 7) is 9.01. The van der Waals surface area contributed by atoms with Gasteiger partial charge in [-0.2, -0.15) is 0 Å². The van der Waals surface area contributed by atoms with Crippen LogP contribution in [0.4, 0.5) is 10.6 Å². The van der Waals surface area contributed by atoms with Crippen LogP contribution in [0.5, 0.6) is 0 Å². The molecule has 4 rings (SSSR count). The Morgan fingerprint density at radius 3 is 2.66 bits per heavy atom. The van der Waals surface area contributed by atoms with Gasteiger partial charge in [-0.15, -0.1) is 0 Å². The van der Waals surface area contributed by atoms with Crippen molar-refractivity contribution in [2.45, 2.75) is 77.4 Å². The zero-order chi connectivity index (χ0) is 20.9. The molecule has 29 heavy (non-hydrogen) atoms. The first kappa shape index (κ1) is 20.4. The highest BCUT2D eigenvalue weighted by Crippen LogP contribution is 2.45. The number of methoxy groups -OCH3 is 1. The molecule has 2 aliphatic heterocycles. The minimum absolute atomic E-state index is 0.0353. The predicted octanol–water partition coefficient (Wildman–Crippen LogP) is 3.04. The summed E-state index contributed by atoms with van der Waals surface area (Å²) in [4.78, 5) is 21.8. The lowest BCUT2D eigenvalue weighted by Crippen LogP contribution is -2.58. The number of aliphatic hydroxyl groups excluding tert-OH is 1. The maximum absolute atomic E-state index is 12.6. The molecule has 2 fully saturated rings. The van der Waals surface area contributed by atoms with E-state index in [1.807, 2.05) is 25.7 Å². The van der Waals surface area contributed by atoms with Crippen LogP contribution < -0.4 is 4.90 Å². The molecule has 7 nitrogen and oxygen atoms in total. The molecule has 1 aliphatic carbocycles. The molecule has 1 unspecified atom stereocenters. The summed E-state index contributed by atoms with van der Waals surface area (Å²) in [5, 5.41) is 9.95. The van der Waals surface area contributed by atoms with Crippen molar-refractivity contribution < 1.29 is 19.4 Å². The summed E-state index contributed by atoms with van der Waals surface area (Å²) < 4.78 is 11.3. The molecule has 3 heterocycles. The molecule has 7 heteroatoms. The highest BCUT2D eigenvalue weighted by Gasteiger charge is 2.43. The topological polar surface area (TPSA) is 75.1 Å². The van der Waals surface area contributed by atoms with Crippen molar-refractivity contribution in [3.8, 4) is 0 Å². The Balaban J connectivity index is 1.59. The molecular weight excluding hydrogens is 370 g/mol. The van der Waals surface area contributed by atoms with Crippen LogP contribution in [0.25, 0.3) is 0 Å². The number of rotatable bonds is 4. The first-order valence-electron chi connectivity index (χ1n) is 10.6. The number of ether oxygens (including phenoxy) is 2. The number of carbonyl (C=O) groups excluding carboxylic acids is 1. The van der Waals surface area contributed by atoms with Gasteiger partial charge in [-0.1, -0.05) is 0 Å². The average Bonchev–Trinajstić information content (AvgIpc) is 3.40. The molecule has 3 aliphatic rings. The minimum Gasteiger partial charge on any atom is -0.444 e. The lowest BCUT2D eigenvalue weighted by atomic mass is 10.0. The molecule has 1 amide bonds. The smallest absolute Gasteiger partial charge is 0.410 e. The fraction of sp³-hybridized carbons (Fsp3) is 0.727. The zero-order valence-electron chi connectivity index (χ0n) is 18.1. The van der Waals surface area contributed by atoms with Crippen molar-refractivity contribution in [3.63, 3.8) is 0 Å². The number of hydrogen-bond donors (Lipinski definition) is 1. The van der Waals surface area contributed by atoms with E-state index in [9.17, 15) is 9.90 Å². The highest BCUT2D eigenvalue weighted by molar-refractivity contribution is 5.69. The molecular formula is C22H33N3O4. The van der Waals surface area contributed by atoms with Gasteiger partial charge in [0, 0.05) is 31.8 Å². The number of piperazine rings is 1. The molecule has 160 valence electrons. The summed E-state index contributed by atoms with van der Waals surface area (Å²) in [6, 6.07) is 2.41. The third-order valence-electron chi connectivity index (χ3n) is 6.07. The molecule has 0 bridgehead atoms. The van der Waals surface area contributed by atoms with Crippen molar-refractivity contribution in [3.05, 3.63) is 22.9 Å². The molecule has 1 aromatic rings. The van der Waals surface area contributed by atoms with E-state index in [0.29, 0.717) is 19.0 Å². The fourth-order valence-electron chi connectivity index (χ4n) is 4.74. The van der Waals surface area contributed by atoms with Gasteiger partial charge in [0.2, 0.25) is 0 Å². The van der Waals surface area contributed by atoms with Crippen LogP contribution in [0.15, 0.2) is 6.07 Å². The number of fused-ring (bicyclic) bond motifs is 3. The number of hydrogen-bond acceptors (Lipinski definition) is 6. The van der Waals surface area contributed by atoms with Gasteiger partial charge in [0.05, 0.1) is 18.3 Å². The second-order valence-corrected chi connectivity index (χ2v) is 9.67. The van der Waals surface area contributed by atoms with E-state index in [1.54, 1.807) is 7.11 Å². The first-order chi connectivity index (χ1) is 13.7. The third-order valence-corrected chi connectivity index (χ3v) is 6.07. The number of pyridine rings is 1. The highest BCUT2D eigenvalue weighted by atomic mass is 16.6. The third kappa shape index (κ3) is 3.94. The minimum atomic E-state index is -0.499. The molecule has 1 saturated heterocycles. The molecule has 1 saturated carbocycles. The van der Waals surface area contributed by atoms with Crippen LogP contribution in [0.1, 0.15) is 63.5 Å². The molecule has 0 radical (unpaired) electrons. The van der Waals surface area contributed by atoms with Crippen molar-refractivity contribution in [2.75, 3.05) is 25.1 Å². The van der Waals surface area contributed by atoms with E-state index >= 15 is 0 Å². The molecule has 1 aromatic heterocycles. The van der Waals surface area contributed by atoms with E-state index in [4.69, 9.17) is 14.5 Å². The van der Waals surface area contributed by atoms with E-state index in [1.165, 1.54) is 0 Å². The van der Waals surface area contributed by atoms with Gasteiger partial charge in [0.15, 0.2) is 0 Å². The number of carbonyl (C=O) groups is 1. The lowest BCUT2D eigenvalue weighted by molar-refractivity contribution is 0.0191. The normalized spacial score (nSPS) is 24.9. The van der Waals surface area contributed by atoms with E-state index in [0.717, 1.165) is 41.9 Å². The SMILES string of the molecule is COC(c1nc2c(cc1CO)C[C@@H]1CN(C(=O)OC(C)(C)C)C[C@@H](C)N21)C1CC1. The van der Waals surface area contributed by atoms with Crippen molar-refractivity contribution in [2.24, 2.45) is 5.92 Å². The molecule has 1 N–H and O–H groups in total. The zero-order valence-corrected chi connectivity index (χ0v) is 18.1. The number of nitrogens with zero attached hydrogens (tertiary/aromatic N) is 3. The van der Waals surface area contributed by atoms with Gasteiger partial charge in [-0.05, 0) is 64.5 Å². The van der Waals surface area contributed by atoms with Gasteiger partial charge >= 0.3 is 6.09 Å². The predicted molar refractivity (Wildman–Crippen MR) is 110 cm³/mol. The molecule has 0 aromatic carbocycles. The van der Waals surface area contributed by atoms with Crippen molar-refractivity contribution in [1.82, 2.24) is 9.88 Å². The van der Waals surface area contributed by atoms with Crippen LogP contribution in [0.2, 0.25) is 0 Å². The van der Waals surface area contributed by atoms with E-state index in [2.05, 4.69) is 17.9 Å². The monoisotopic (exact) mass is 403 g/mol. The Hall–Kier alpha value is -1.86. The van der Waals surface area contributed by atoms with Gasteiger partial charge in [0.1, 0.15) is 17.5 Å². The Bertz CT molecular complexity index is 787. The molecule has 3 atom stereocenters. The van der Waals surface area contributed by atoms with Crippen molar-refractivity contribution in [1.29, 1.82) is 0 Å². The maximum atomic E-state index is 12.6. The van der Waals surface area contributed by atoms with E-state index in [-0.39, 0.29) is 30.9 Å². The van der Waals surface area contributed by atoms with Crippen molar-refractivity contribution >= 4 is 11.9 Å². The quantitative estimate of drug-likeness (QED) is 0.833. The Morgan fingerprint density at radius 1 is 1.34 bits per heavy atom. The van der Waals surface area contributed by atoms with Gasteiger partial charge in [-0.25, -0.2) is 9.78 Å². The van der Waals surface area contributed by atoms with Gasteiger partial charge < -0.3 is 24.4 Å². The van der Waals surface area contributed by atoms with Gasteiger partial charge in [-0.3, -0.25) is 0 Å². The summed E-state index contributed by atoms with van der Waals surface area (Å²) in [5.41, 5.74) is 2.38. The van der Waals surface area contributed by atoms with Crippen LogP contribution in [-0.2, 0) is 22.5 Å². The maximum Gasteiger partial charge on any atom is 0.410 e. The number of aromatic nitrogens is 1. The van der Waals surface area contributed by atoms with Gasteiger partial charge in [0.25, 0.3) is 0 Å². The fourth-order valence-corrected chi connectivity index (χ4v) is 4.74. The Morgan fingerprint density at radius 2 is 2.07 bits per heavy atom. The average molecular weight is 404 g/mol. The summed E-state index contributed by atoms with van der Waals surface area (Å²) in [6.07, 6.45) is 2.81. The second kappa shape index (κ2) is 7.43. The number of amides is 1. The first-order valence-corrected chi connectivity index (χ1v) is 10.6. The Labute approximate surface area is 173 Å². The van der Waals surface area contributed by atoms with Crippen LogP contribution in [0.3, 0.4) is 0 Å². The number of anilines is 1. The van der Waals surface area contributed by atoms with Crippen LogP contribution in [0, 0.1) is 5.92 Å². The second-order valence-electron chi connectivity index (χ2n) is 9.67. The lowest BCUT2D eigenvalue weighted by Gasteiger charge is -2.43.